The number of aromatic nitrogens is 1. The van der Waals surface area contributed by atoms with E-state index in [9.17, 15) is 19.7 Å². The minimum atomic E-state index is -0.728. The van der Waals surface area contributed by atoms with Crippen LogP contribution in [0.4, 0.5) is 5.69 Å². The highest BCUT2D eigenvalue weighted by Gasteiger charge is 2.22. The van der Waals surface area contributed by atoms with Crippen molar-refractivity contribution in [3.8, 4) is 0 Å². The zero-order valence-electron chi connectivity index (χ0n) is 10.9. The molecule has 0 aromatic carbocycles. The Bertz CT molecular complexity index is 591. The summed E-state index contributed by atoms with van der Waals surface area (Å²) in [7, 11) is 0. The largest absolute Gasteiger partial charge is 0.339 e. The van der Waals surface area contributed by atoms with Crippen LogP contribution in [0.2, 0.25) is 0 Å². The molecule has 6 nitrogen and oxygen atoms in total. The summed E-state index contributed by atoms with van der Waals surface area (Å²) in [6.45, 7) is 0.0738. The van der Waals surface area contributed by atoms with Crippen LogP contribution in [-0.2, 0) is 11.3 Å². The first-order valence-electron chi connectivity index (χ1n) is 6.55. The number of ketones is 1. The van der Waals surface area contributed by atoms with Crippen molar-refractivity contribution >= 4 is 27.4 Å². The fourth-order valence-corrected chi connectivity index (χ4v) is 3.00. The topological polar surface area (TPSA) is 82.2 Å². The van der Waals surface area contributed by atoms with E-state index in [2.05, 4.69) is 15.9 Å². The number of nitrogens with zero attached hydrogens (tertiary/aromatic N) is 2. The fraction of sp³-hybridized carbons (Fsp3) is 0.538. The van der Waals surface area contributed by atoms with Gasteiger partial charge in [0.15, 0.2) is 5.78 Å². The zero-order chi connectivity index (χ0) is 14.7. The smallest absolute Gasteiger partial charge is 0.333 e. The van der Waals surface area contributed by atoms with Gasteiger partial charge in [-0.2, -0.15) is 0 Å². The maximum absolute atomic E-state index is 12.2. The van der Waals surface area contributed by atoms with Crippen LogP contribution in [0.5, 0.6) is 0 Å². The molecule has 0 saturated heterocycles. The molecule has 1 saturated carbocycles. The second-order valence-corrected chi connectivity index (χ2v) is 5.91. The van der Waals surface area contributed by atoms with Crippen molar-refractivity contribution in [1.82, 2.24) is 4.57 Å². The SMILES string of the molecule is O=C(Cn1cc(Br)c(=O)c([N+](=O)[O-])c1)C1CCCCC1. The lowest BCUT2D eigenvalue weighted by molar-refractivity contribution is -0.386. The number of hydrogen-bond donors (Lipinski definition) is 0. The Morgan fingerprint density at radius 2 is 2.00 bits per heavy atom. The first-order valence-corrected chi connectivity index (χ1v) is 7.35. The quantitative estimate of drug-likeness (QED) is 0.622. The van der Waals surface area contributed by atoms with Gasteiger partial charge in [0.05, 0.1) is 22.1 Å². The van der Waals surface area contributed by atoms with Crippen LogP contribution < -0.4 is 5.43 Å². The molecule has 0 radical (unpaired) electrons. The molecule has 1 aromatic heterocycles. The van der Waals surface area contributed by atoms with E-state index in [1.165, 1.54) is 17.2 Å². The molecule has 0 bridgehead atoms. The second-order valence-electron chi connectivity index (χ2n) is 5.05. The normalized spacial score (nSPS) is 16.1. The lowest BCUT2D eigenvalue weighted by Gasteiger charge is -2.20. The zero-order valence-corrected chi connectivity index (χ0v) is 12.5. The average molecular weight is 343 g/mol. The lowest BCUT2D eigenvalue weighted by atomic mass is 9.86. The third-order valence-electron chi connectivity index (χ3n) is 3.61. The van der Waals surface area contributed by atoms with Crippen molar-refractivity contribution in [2.75, 3.05) is 0 Å². The van der Waals surface area contributed by atoms with Crippen LogP contribution in [0.25, 0.3) is 0 Å². The molecule has 108 valence electrons. The lowest BCUT2D eigenvalue weighted by Crippen LogP contribution is -2.23. The Kier molecular flexibility index (Phi) is 4.69. The third kappa shape index (κ3) is 3.33. The van der Waals surface area contributed by atoms with Crippen LogP contribution in [0.1, 0.15) is 32.1 Å². The molecule has 1 fully saturated rings. The molecule has 0 amide bonds. The number of carbonyl (C=O) groups is 1. The Morgan fingerprint density at radius 3 is 2.60 bits per heavy atom. The number of Topliss-reactive ketones (excluding diaryl/α,β-unsaturated/α-hetero) is 1. The molecule has 1 heterocycles. The standard InChI is InChI=1S/C13H15BrN2O4/c14-10-6-15(7-11(13(10)18)16(19)20)8-12(17)9-4-2-1-3-5-9/h6-7,9H,1-5,8H2. The van der Waals surface area contributed by atoms with E-state index in [-0.39, 0.29) is 22.7 Å². The van der Waals surface area contributed by atoms with E-state index in [1.54, 1.807) is 0 Å². The van der Waals surface area contributed by atoms with E-state index in [0.29, 0.717) is 0 Å². The molecule has 0 spiro atoms. The summed E-state index contributed by atoms with van der Waals surface area (Å²) in [6, 6.07) is 0. The van der Waals surface area contributed by atoms with Gasteiger partial charge in [0, 0.05) is 12.1 Å². The monoisotopic (exact) mass is 342 g/mol. The highest BCUT2D eigenvalue weighted by Crippen LogP contribution is 2.25. The molecular formula is C13H15BrN2O4. The van der Waals surface area contributed by atoms with Gasteiger partial charge in [0.1, 0.15) is 0 Å². The van der Waals surface area contributed by atoms with Gasteiger partial charge in [-0.1, -0.05) is 19.3 Å². The highest BCUT2D eigenvalue weighted by molar-refractivity contribution is 9.10. The Labute approximate surface area is 124 Å². The van der Waals surface area contributed by atoms with Gasteiger partial charge in [-0.3, -0.25) is 19.7 Å². The molecule has 0 aliphatic heterocycles. The minimum absolute atomic E-state index is 0.0426. The predicted molar refractivity (Wildman–Crippen MR) is 76.6 cm³/mol. The summed E-state index contributed by atoms with van der Waals surface area (Å²) in [6.07, 6.45) is 7.63. The first-order chi connectivity index (χ1) is 9.49. The molecule has 1 aliphatic rings. The van der Waals surface area contributed by atoms with E-state index in [0.717, 1.165) is 31.9 Å². The van der Waals surface area contributed by atoms with Crippen molar-refractivity contribution in [3.63, 3.8) is 0 Å². The summed E-state index contributed by atoms with van der Waals surface area (Å²) in [5.41, 5.74) is -1.19. The van der Waals surface area contributed by atoms with Gasteiger partial charge >= 0.3 is 5.69 Å². The van der Waals surface area contributed by atoms with Crippen LogP contribution >= 0.6 is 15.9 Å². The summed E-state index contributed by atoms with van der Waals surface area (Å²) in [5.74, 6) is 0.121. The number of halogens is 1. The van der Waals surface area contributed by atoms with Crippen LogP contribution in [0, 0.1) is 16.0 Å². The summed E-state index contributed by atoms with van der Waals surface area (Å²) in [4.78, 5) is 33.8. The van der Waals surface area contributed by atoms with Crippen molar-refractivity contribution in [2.24, 2.45) is 5.92 Å². The number of rotatable bonds is 4. The highest BCUT2D eigenvalue weighted by atomic mass is 79.9. The molecule has 0 atom stereocenters. The van der Waals surface area contributed by atoms with Crippen molar-refractivity contribution in [1.29, 1.82) is 0 Å². The molecule has 2 rings (SSSR count). The average Bonchev–Trinajstić information content (AvgIpc) is 2.43. The first kappa shape index (κ1) is 14.9. The minimum Gasteiger partial charge on any atom is -0.339 e. The van der Waals surface area contributed by atoms with Crippen molar-refractivity contribution in [2.45, 2.75) is 38.6 Å². The van der Waals surface area contributed by atoms with Crippen LogP contribution in [-0.4, -0.2) is 15.3 Å². The Balaban J connectivity index is 2.19. The molecule has 0 N–H and O–H groups in total. The van der Waals surface area contributed by atoms with Crippen LogP contribution in [0.15, 0.2) is 21.7 Å². The van der Waals surface area contributed by atoms with Gasteiger partial charge in [0.25, 0.3) is 5.43 Å². The van der Waals surface area contributed by atoms with E-state index >= 15 is 0 Å². The summed E-state index contributed by atoms with van der Waals surface area (Å²) in [5, 5.41) is 10.8. The van der Waals surface area contributed by atoms with Gasteiger partial charge in [-0.25, -0.2) is 0 Å². The molecular weight excluding hydrogens is 328 g/mol. The molecule has 20 heavy (non-hydrogen) atoms. The van der Waals surface area contributed by atoms with E-state index < -0.39 is 16.0 Å². The van der Waals surface area contributed by atoms with Gasteiger partial charge in [-0.15, -0.1) is 0 Å². The molecule has 1 aliphatic carbocycles. The van der Waals surface area contributed by atoms with Crippen molar-refractivity contribution in [3.05, 3.63) is 37.2 Å². The maximum atomic E-state index is 12.2. The number of nitro groups is 1. The van der Waals surface area contributed by atoms with E-state index in [1.807, 2.05) is 0 Å². The maximum Gasteiger partial charge on any atom is 0.333 e. The van der Waals surface area contributed by atoms with Gasteiger partial charge < -0.3 is 4.57 Å². The number of hydrogen-bond acceptors (Lipinski definition) is 4. The molecule has 0 unspecified atom stereocenters. The van der Waals surface area contributed by atoms with Gasteiger partial charge in [-0.05, 0) is 28.8 Å². The predicted octanol–water partition coefficient (Wildman–Crippen LogP) is 2.67. The summed E-state index contributed by atoms with van der Waals surface area (Å²) < 4.78 is 1.52. The van der Waals surface area contributed by atoms with Gasteiger partial charge in [0.2, 0.25) is 0 Å². The molecule has 7 heteroatoms. The molecule has 1 aromatic rings. The third-order valence-corrected chi connectivity index (χ3v) is 4.18. The number of pyridine rings is 1. The van der Waals surface area contributed by atoms with Crippen molar-refractivity contribution < 1.29 is 9.72 Å². The number of carbonyl (C=O) groups excluding carboxylic acids is 1. The Morgan fingerprint density at radius 1 is 1.35 bits per heavy atom. The summed E-state index contributed by atoms with van der Waals surface area (Å²) >= 11 is 3.00. The second kappa shape index (κ2) is 6.30. The Hall–Kier alpha value is -1.50. The fourth-order valence-electron chi connectivity index (χ4n) is 2.53. The van der Waals surface area contributed by atoms with Crippen LogP contribution in [0.3, 0.4) is 0 Å². The van der Waals surface area contributed by atoms with E-state index in [4.69, 9.17) is 0 Å².